The summed E-state index contributed by atoms with van der Waals surface area (Å²) in [5.41, 5.74) is 0.966. The summed E-state index contributed by atoms with van der Waals surface area (Å²) < 4.78 is 5.00. The average Bonchev–Trinajstić information content (AvgIpc) is 2.31. The van der Waals surface area contributed by atoms with Crippen molar-refractivity contribution in [1.29, 1.82) is 0 Å². The number of aromatic nitrogens is 2. The number of aryl methyl sites for hydroxylation is 1. The van der Waals surface area contributed by atoms with Gasteiger partial charge in [-0.1, -0.05) is 6.92 Å². The fourth-order valence-electron chi connectivity index (χ4n) is 1.41. The van der Waals surface area contributed by atoms with Crippen molar-refractivity contribution in [3.8, 4) is 0 Å². The van der Waals surface area contributed by atoms with Crippen molar-refractivity contribution in [1.82, 2.24) is 9.97 Å². The summed E-state index contributed by atoms with van der Waals surface area (Å²) in [6.07, 6.45) is 2.03. The molecule has 96 valence electrons. The highest BCUT2D eigenvalue weighted by atomic mass is 16.5. The summed E-state index contributed by atoms with van der Waals surface area (Å²) in [6.45, 7) is 6.61. The molecule has 0 aromatic carbocycles. The maximum Gasteiger partial charge on any atom is 0.224 e. The highest BCUT2D eigenvalue weighted by Gasteiger charge is 2.00. The van der Waals surface area contributed by atoms with Crippen LogP contribution in [0.1, 0.15) is 25.5 Å². The fourth-order valence-corrected chi connectivity index (χ4v) is 1.41. The average molecular weight is 238 g/mol. The molecule has 5 nitrogen and oxygen atoms in total. The summed E-state index contributed by atoms with van der Waals surface area (Å²) in [5, 5.41) is 6.46. The lowest BCUT2D eigenvalue weighted by molar-refractivity contribution is 0.198. The Morgan fingerprint density at radius 2 is 2.06 bits per heavy atom. The molecular formula is C12H22N4O. The molecule has 0 unspecified atom stereocenters. The number of hydrogen-bond donors (Lipinski definition) is 2. The van der Waals surface area contributed by atoms with E-state index in [1.807, 2.05) is 13.0 Å². The normalized spacial score (nSPS) is 10.3. The summed E-state index contributed by atoms with van der Waals surface area (Å²) >= 11 is 0. The molecule has 0 atom stereocenters. The third-order valence-electron chi connectivity index (χ3n) is 2.22. The number of nitrogens with one attached hydrogen (secondary N) is 2. The Balaban J connectivity index is 2.50. The number of rotatable bonds is 8. The van der Waals surface area contributed by atoms with Crippen LogP contribution < -0.4 is 10.6 Å². The minimum atomic E-state index is 0.695. The molecule has 1 aromatic heterocycles. The van der Waals surface area contributed by atoms with Gasteiger partial charge in [0.15, 0.2) is 0 Å². The van der Waals surface area contributed by atoms with Crippen molar-refractivity contribution in [3.05, 3.63) is 11.8 Å². The molecule has 0 aliphatic heterocycles. The molecule has 0 saturated carbocycles. The SMILES string of the molecule is CCCNc1nc(C)cc(NCCCOC)n1. The molecule has 1 aromatic rings. The molecular weight excluding hydrogens is 216 g/mol. The summed E-state index contributed by atoms with van der Waals surface area (Å²) in [6, 6.07) is 1.95. The lowest BCUT2D eigenvalue weighted by Crippen LogP contribution is -2.10. The molecule has 0 aliphatic carbocycles. The standard InChI is InChI=1S/C12H22N4O/c1-4-6-14-12-15-10(2)9-11(16-12)13-7-5-8-17-3/h9H,4-8H2,1-3H3,(H2,13,14,15,16). The molecule has 0 spiro atoms. The maximum atomic E-state index is 5.00. The van der Waals surface area contributed by atoms with Crippen molar-refractivity contribution < 1.29 is 4.74 Å². The van der Waals surface area contributed by atoms with Crippen molar-refractivity contribution >= 4 is 11.8 Å². The van der Waals surface area contributed by atoms with Crippen LogP contribution in [0.25, 0.3) is 0 Å². The van der Waals surface area contributed by atoms with Crippen molar-refractivity contribution in [2.45, 2.75) is 26.7 Å². The van der Waals surface area contributed by atoms with Crippen LogP contribution in [0.5, 0.6) is 0 Å². The highest BCUT2D eigenvalue weighted by molar-refractivity contribution is 5.41. The molecule has 5 heteroatoms. The molecule has 0 radical (unpaired) electrons. The van der Waals surface area contributed by atoms with Crippen molar-refractivity contribution in [3.63, 3.8) is 0 Å². The number of anilines is 2. The van der Waals surface area contributed by atoms with E-state index >= 15 is 0 Å². The maximum absolute atomic E-state index is 5.00. The second kappa shape index (κ2) is 7.84. The van der Waals surface area contributed by atoms with Crippen LogP contribution >= 0.6 is 0 Å². The van der Waals surface area contributed by atoms with Gasteiger partial charge in [0.05, 0.1) is 0 Å². The van der Waals surface area contributed by atoms with Crippen molar-refractivity contribution in [2.24, 2.45) is 0 Å². The van der Waals surface area contributed by atoms with Gasteiger partial charge < -0.3 is 15.4 Å². The van der Waals surface area contributed by atoms with Crippen LogP contribution in [0.4, 0.5) is 11.8 Å². The van der Waals surface area contributed by atoms with E-state index in [0.29, 0.717) is 5.95 Å². The Morgan fingerprint density at radius 1 is 1.24 bits per heavy atom. The van der Waals surface area contributed by atoms with Crippen LogP contribution in [0.2, 0.25) is 0 Å². The quantitative estimate of drug-likeness (QED) is 0.679. The first-order chi connectivity index (χ1) is 8.26. The monoisotopic (exact) mass is 238 g/mol. The van der Waals surface area contributed by atoms with E-state index in [2.05, 4.69) is 27.5 Å². The van der Waals surface area contributed by atoms with E-state index in [-0.39, 0.29) is 0 Å². The Morgan fingerprint density at radius 3 is 2.76 bits per heavy atom. The molecule has 2 N–H and O–H groups in total. The van der Waals surface area contributed by atoms with Crippen LogP contribution in [0, 0.1) is 6.92 Å². The predicted octanol–water partition coefficient (Wildman–Crippen LogP) is 2.06. The highest BCUT2D eigenvalue weighted by Crippen LogP contribution is 2.09. The number of hydrogen-bond acceptors (Lipinski definition) is 5. The van der Waals surface area contributed by atoms with Gasteiger partial charge in [-0.3, -0.25) is 0 Å². The zero-order chi connectivity index (χ0) is 12.5. The van der Waals surface area contributed by atoms with Gasteiger partial charge in [-0.25, -0.2) is 4.98 Å². The van der Waals surface area contributed by atoms with Crippen LogP contribution in [-0.2, 0) is 4.74 Å². The van der Waals surface area contributed by atoms with Gasteiger partial charge in [-0.05, 0) is 19.8 Å². The van der Waals surface area contributed by atoms with Crippen LogP contribution in [0.15, 0.2) is 6.07 Å². The first-order valence-corrected chi connectivity index (χ1v) is 6.08. The Bertz CT molecular complexity index is 330. The molecule has 0 bridgehead atoms. The summed E-state index contributed by atoms with van der Waals surface area (Å²) in [5.74, 6) is 1.56. The van der Waals surface area contributed by atoms with Gasteiger partial charge in [0.25, 0.3) is 0 Å². The molecule has 1 heterocycles. The van der Waals surface area contributed by atoms with Gasteiger partial charge in [-0.2, -0.15) is 4.98 Å². The number of methoxy groups -OCH3 is 1. The third kappa shape index (κ3) is 5.49. The second-order valence-electron chi connectivity index (χ2n) is 3.92. The van der Waals surface area contributed by atoms with Gasteiger partial charge in [0.1, 0.15) is 5.82 Å². The first kappa shape index (κ1) is 13.7. The predicted molar refractivity (Wildman–Crippen MR) is 70.5 cm³/mol. The van der Waals surface area contributed by atoms with E-state index in [0.717, 1.165) is 44.0 Å². The zero-order valence-corrected chi connectivity index (χ0v) is 10.9. The summed E-state index contributed by atoms with van der Waals surface area (Å²) in [7, 11) is 1.71. The molecule has 0 aliphatic rings. The fraction of sp³-hybridized carbons (Fsp3) is 0.667. The van der Waals surface area contributed by atoms with Crippen LogP contribution in [-0.4, -0.2) is 36.8 Å². The molecule has 1 rings (SSSR count). The van der Waals surface area contributed by atoms with Gasteiger partial charge in [-0.15, -0.1) is 0 Å². The smallest absolute Gasteiger partial charge is 0.224 e. The molecule has 0 saturated heterocycles. The second-order valence-corrected chi connectivity index (χ2v) is 3.92. The van der Waals surface area contributed by atoms with E-state index in [4.69, 9.17) is 4.74 Å². The minimum Gasteiger partial charge on any atom is -0.385 e. The van der Waals surface area contributed by atoms with Crippen molar-refractivity contribution in [2.75, 3.05) is 37.4 Å². The Hall–Kier alpha value is -1.36. The van der Waals surface area contributed by atoms with Gasteiger partial charge >= 0.3 is 0 Å². The van der Waals surface area contributed by atoms with Gasteiger partial charge in [0.2, 0.25) is 5.95 Å². The van der Waals surface area contributed by atoms with E-state index in [1.165, 1.54) is 0 Å². The lowest BCUT2D eigenvalue weighted by Gasteiger charge is -2.09. The van der Waals surface area contributed by atoms with Crippen LogP contribution in [0.3, 0.4) is 0 Å². The first-order valence-electron chi connectivity index (χ1n) is 6.08. The minimum absolute atomic E-state index is 0.695. The molecule has 0 amide bonds. The zero-order valence-electron chi connectivity index (χ0n) is 10.9. The third-order valence-corrected chi connectivity index (χ3v) is 2.22. The Labute approximate surface area is 103 Å². The topological polar surface area (TPSA) is 59.1 Å². The number of ether oxygens (including phenoxy) is 1. The summed E-state index contributed by atoms with van der Waals surface area (Å²) in [4.78, 5) is 8.72. The molecule has 0 fully saturated rings. The van der Waals surface area contributed by atoms with Gasteiger partial charge in [0, 0.05) is 38.6 Å². The molecule has 17 heavy (non-hydrogen) atoms. The van der Waals surface area contributed by atoms with E-state index in [1.54, 1.807) is 7.11 Å². The Kier molecular flexibility index (Phi) is 6.32. The number of nitrogens with zero attached hydrogens (tertiary/aromatic N) is 2. The largest absolute Gasteiger partial charge is 0.385 e. The lowest BCUT2D eigenvalue weighted by atomic mass is 10.4. The van der Waals surface area contributed by atoms with E-state index < -0.39 is 0 Å². The van der Waals surface area contributed by atoms with E-state index in [9.17, 15) is 0 Å².